The third-order valence-electron chi connectivity index (χ3n) is 3.45. The normalized spacial score (nSPS) is 14.1. The highest BCUT2D eigenvalue weighted by atomic mass is 32.1. The highest BCUT2D eigenvalue weighted by molar-refractivity contribution is 7.80. The van der Waals surface area contributed by atoms with E-state index in [1.54, 1.807) is 0 Å². The highest BCUT2D eigenvalue weighted by Crippen LogP contribution is 2.02. The van der Waals surface area contributed by atoms with E-state index in [9.17, 15) is 19.2 Å². The zero-order valence-electron chi connectivity index (χ0n) is 13.8. The predicted molar refractivity (Wildman–Crippen MR) is 94.0 cm³/mol. The fourth-order valence-electron chi connectivity index (χ4n) is 1.99. The number of primary amides is 1. The van der Waals surface area contributed by atoms with Gasteiger partial charge in [0.15, 0.2) is 0 Å². The van der Waals surface area contributed by atoms with Crippen LogP contribution < -0.4 is 22.1 Å². The summed E-state index contributed by atoms with van der Waals surface area (Å²) in [6.07, 6.45) is 2.85. The fourth-order valence-corrected chi connectivity index (χ4v) is 2.24. The number of aromatic amines is 1. The molecule has 3 amide bonds. The molecule has 11 nitrogen and oxygen atoms in total. The van der Waals surface area contributed by atoms with Crippen LogP contribution in [0.3, 0.4) is 0 Å². The molecule has 0 aliphatic carbocycles. The summed E-state index contributed by atoms with van der Waals surface area (Å²) < 4.78 is 0. The van der Waals surface area contributed by atoms with Crippen molar-refractivity contribution in [2.45, 2.75) is 37.4 Å². The zero-order valence-corrected chi connectivity index (χ0v) is 14.7. The van der Waals surface area contributed by atoms with Gasteiger partial charge in [0.25, 0.3) is 0 Å². The molecule has 0 fully saturated rings. The van der Waals surface area contributed by atoms with Gasteiger partial charge in [-0.1, -0.05) is 0 Å². The number of amides is 3. The van der Waals surface area contributed by atoms with Crippen LogP contribution in [0.4, 0.5) is 0 Å². The van der Waals surface area contributed by atoms with Gasteiger partial charge in [-0.15, -0.1) is 0 Å². The van der Waals surface area contributed by atoms with Gasteiger partial charge < -0.3 is 32.2 Å². The minimum Gasteiger partial charge on any atom is -0.480 e. The van der Waals surface area contributed by atoms with Crippen LogP contribution in [0.2, 0.25) is 0 Å². The Morgan fingerprint density at radius 3 is 2.38 bits per heavy atom. The molecule has 1 aromatic heterocycles. The Morgan fingerprint density at radius 1 is 1.23 bits per heavy atom. The van der Waals surface area contributed by atoms with Crippen molar-refractivity contribution in [3.05, 3.63) is 18.2 Å². The van der Waals surface area contributed by atoms with Gasteiger partial charge in [0, 0.05) is 30.5 Å². The molecule has 0 bridgehead atoms. The quantitative estimate of drug-likeness (QED) is 0.205. The lowest BCUT2D eigenvalue weighted by Gasteiger charge is -2.22. The van der Waals surface area contributed by atoms with E-state index in [1.807, 2.05) is 0 Å². The lowest BCUT2D eigenvalue weighted by atomic mass is 10.1. The molecule has 8 N–H and O–H groups in total. The number of aromatic nitrogens is 2. The molecule has 0 radical (unpaired) electrons. The van der Waals surface area contributed by atoms with Crippen molar-refractivity contribution < 1.29 is 24.3 Å². The van der Waals surface area contributed by atoms with E-state index in [0.29, 0.717) is 5.69 Å². The minimum absolute atomic E-state index is 0.0218. The summed E-state index contributed by atoms with van der Waals surface area (Å²) in [7, 11) is 0. The first-order valence-electron chi connectivity index (χ1n) is 7.70. The molecule has 1 aromatic rings. The van der Waals surface area contributed by atoms with E-state index < -0.39 is 41.8 Å². The number of carboxylic acid groups (broad SMARTS) is 1. The SMILES string of the molecule is NC(=O)CCC(N)C(=O)NC(Cc1cnc[nH]1)C(=O)NC(CS)C(=O)O. The molecule has 3 unspecified atom stereocenters. The number of carbonyl (C=O) groups excluding carboxylic acids is 3. The summed E-state index contributed by atoms with van der Waals surface area (Å²) in [5.41, 5.74) is 11.2. The average molecular weight is 386 g/mol. The number of nitrogens with one attached hydrogen (secondary N) is 3. The maximum absolute atomic E-state index is 12.4. The zero-order chi connectivity index (χ0) is 19.7. The van der Waals surface area contributed by atoms with Crippen LogP contribution in [-0.4, -0.2) is 62.6 Å². The van der Waals surface area contributed by atoms with E-state index in [1.165, 1.54) is 12.5 Å². The van der Waals surface area contributed by atoms with Gasteiger partial charge in [-0.05, 0) is 6.42 Å². The number of rotatable bonds is 11. The van der Waals surface area contributed by atoms with Gasteiger partial charge in [0.2, 0.25) is 17.7 Å². The number of hydrogen-bond donors (Lipinski definition) is 7. The van der Waals surface area contributed by atoms with Crippen molar-refractivity contribution in [3.63, 3.8) is 0 Å². The molecule has 144 valence electrons. The number of nitrogens with two attached hydrogens (primary N) is 2. The largest absolute Gasteiger partial charge is 0.480 e. The molecule has 26 heavy (non-hydrogen) atoms. The van der Waals surface area contributed by atoms with E-state index >= 15 is 0 Å². The van der Waals surface area contributed by atoms with Crippen LogP contribution in [0.5, 0.6) is 0 Å². The van der Waals surface area contributed by atoms with Crippen LogP contribution in [0.1, 0.15) is 18.5 Å². The molecule has 3 atom stereocenters. The second-order valence-corrected chi connectivity index (χ2v) is 5.90. The van der Waals surface area contributed by atoms with Gasteiger partial charge >= 0.3 is 5.97 Å². The van der Waals surface area contributed by atoms with Gasteiger partial charge in [-0.25, -0.2) is 9.78 Å². The van der Waals surface area contributed by atoms with Crippen LogP contribution in [-0.2, 0) is 25.6 Å². The van der Waals surface area contributed by atoms with Gasteiger partial charge in [-0.2, -0.15) is 12.6 Å². The van der Waals surface area contributed by atoms with E-state index in [4.69, 9.17) is 16.6 Å². The molecular weight excluding hydrogens is 364 g/mol. The monoisotopic (exact) mass is 386 g/mol. The molecule has 0 spiro atoms. The Bertz CT molecular complexity index is 638. The number of carboxylic acids is 1. The molecule has 0 saturated heterocycles. The summed E-state index contributed by atoms with van der Waals surface area (Å²) in [5.74, 6) is -3.35. The topological polar surface area (TPSA) is 193 Å². The maximum atomic E-state index is 12.4. The molecule has 0 aliphatic heterocycles. The van der Waals surface area contributed by atoms with Crippen molar-refractivity contribution in [2.75, 3.05) is 5.75 Å². The number of thiol groups is 1. The summed E-state index contributed by atoms with van der Waals surface area (Å²) in [6.45, 7) is 0. The van der Waals surface area contributed by atoms with Crippen molar-refractivity contribution in [1.82, 2.24) is 20.6 Å². The first kappa shape index (κ1) is 21.4. The van der Waals surface area contributed by atoms with E-state index in [-0.39, 0.29) is 25.0 Å². The van der Waals surface area contributed by atoms with Gasteiger partial charge in [0.05, 0.1) is 12.4 Å². The van der Waals surface area contributed by atoms with Crippen molar-refractivity contribution in [2.24, 2.45) is 11.5 Å². The first-order chi connectivity index (χ1) is 12.2. The van der Waals surface area contributed by atoms with Gasteiger partial charge in [-0.3, -0.25) is 14.4 Å². The summed E-state index contributed by atoms with van der Waals surface area (Å²) >= 11 is 3.87. The number of aliphatic carboxylic acids is 1. The van der Waals surface area contributed by atoms with E-state index in [0.717, 1.165) is 0 Å². The van der Waals surface area contributed by atoms with Gasteiger partial charge in [0.1, 0.15) is 12.1 Å². The van der Waals surface area contributed by atoms with Crippen LogP contribution in [0.25, 0.3) is 0 Å². The summed E-state index contributed by atoms with van der Waals surface area (Å²) in [4.78, 5) is 53.0. The number of hydrogen-bond acceptors (Lipinski definition) is 7. The molecular formula is C14H22N6O5S. The Hall–Kier alpha value is -2.60. The molecule has 0 aromatic carbocycles. The predicted octanol–water partition coefficient (Wildman–Crippen LogP) is -2.47. The molecule has 1 heterocycles. The Morgan fingerprint density at radius 2 is 1.88 bits per heavy atom. The second-order valence-electron chi connectivity index (χ2n) is 5.54. The van der Waals surface area contributed by atoms with Crippen LogP contribution in [0.15, 0.2) is 12.5 Å². The Kier molecular flexibility index (Phi) is 8.58. The third-order valence-corrected chi connectivity index (χ3v) is 3.81. The number of nitrogens with zero attached hydrogens (tertiary/aromatic N) is 1. The Labute approximate surface area is 154 Å². The summed E-state index contributed by atoms with van der Waals surface area (Å²) in [5, 5.41) is 13.8. The maximum Gasteiger partial charge on any atom is 0.327 e. The number of imidazole rings is 1. The van der Waals surface area contributed by atoms with Crippen molar-refractivity contribution in [1.29, 1.82) is 0 Å². The minimum atomic E-state index is -1.25. The first-order valence-corrected chi connectivity index (χ1v) is 8.33. The molecule has 12 heteroatoms. The number of carbonyl (C=O) groups is 4. The van der Waals surface area contributed by atoms with Crippen LogP contribution in [0, 0.1) is 0 Å². The third kappa shape index (κ3) is 7.11. The fraction of sp³-hybridized carbons (Fsp3) is 0.500. The Balaban J connectivity index is 2.80. The number of H-pyrrole nitrogens is 1. The lowest BCUT2D eigenvalue weighted by Crippen LogP contribution is -2.55. The van der Waals surface area contributed by atoms with Crippen molar-refractivity contribution >= 4 is 36.3 Å². The van der Waals surface area contributed by atoms with E-state index in [2.05, 4.69) is 33.2 Å². The standard InChI is InChI=1S/C14H22N6O5S/c15-8(1-2-11(16)21)12(22)19-9(3-7-4-17-6-18-7)13(23)20-10(5-26)14(24)25/h4,6,8-10,26H,1-3,5,15H2,(H2,16,21)(H,17,18)(H,19,22)(H,20,23)(H,24,25). The lowest BCUT2D eigenvalue weighted by molar-refractivity contribution is -0.141. The average Bonchev–Trinajstić information content (AvgIpc) is 3.09. The summed E-state index contributed by atoms with van der Waals surface area (Å²) in [6, 6.07) is -3.35. The highest BCUT2D eigenvalue weighted by Gasteiger charge is 2.28. The van der Waals surface area contributed by atoms with Crippen LogP contribution >= 0.6 is 12.6 Å². The molecule has 0 aliphatic rings. The van der Waals surface area contributed by atoms with Crippen molar-refractivity contribution in [3.8, 4) is 0 Å². The smallest absolute Gasteiger partial charge is 0.327 e. The molecule has 1 rings (SSSR count). The second kappa shape index (κ2) is 10.4. The molecule has 0 saturated carbocycles.